The Balaban J connectivity index is 1.51. The molecule has 1 aromatic carbocycles. The summed E-state index contributed by atoms with van der Waals surface area (Å²) in [5.74, 6) is 1.66. The highest BCUT2D eigenvalue weighted by atomic mass is 16.6. The van der Waals surface area contributed by atoms with Crippen molar-refractivity contribution in [2.75, 3.05) is 13.2 Å². The second-order valence-corrected chi connectivity index (χ2v) is 5.83. The summed E-state index contributed by atoms with van der Waals surface area (Å²) < 4.78 is 10.9. The average Bonchev–Trinajstić information content (AvgIpc) is 2.68. The number of amides is 1. The second-order valence-electron chi connectivity index (χ2n) is 5.83. The molecule has 1 amide bonds. The molecule has 1 unspecified atom stereocenters. The van der Waals surface area contributed by atoms with Crippen molar-refractivity contribution in [1.29, 1.82) is 0 Å². The number of carbonyl (C=O) groups is 1. The van der Waals surface area contributed by atoms with Crippen LogP contribution in [0.3, 0.4) is 0 Å². The zero-order valence-electron chi connectivity index (χ0n) is 11.9. The lowest BCUT2D eigenvalue weighted by atomic mass is 9.86. The fraction of sp³-hybridized carbons (Fsp3) is 0.562. The van der Waals surface area contributed by atoms with Gasteiger partial charge in [-0.05, 0) is 43.4 Å². The highest BCUT2D eigenvalue weighted by Gasteiger charge is 2.27. The van der Waals surface area contributed by atoms with Gasteiger partial charge in [-0.15, -0.1) is 0 Å². The maximum absolute atomic E-state index is 11.6. The van der Waals surface area contributed by atoms with Gasteiger partial charge in [-0.25, -0.2) is 4.79 Å². The Morgan fingerprint density at radius 2 is 2.05 bits per heavy atom. The van der Waals surface area contributed by atoms with Crippen molar-refractivity contribution in [2.45, 2.75) is 38.8 Å². The molecule has 0 spiro atoms. The summed E-state index contributed by atoms with van der Waals surface area (Å²) in [4.78, 5) is 13.3. The molecule has 1 atom stereocenters. The molecule has 1 saturated carbocycles. The molecular formula is C16H21NO3. The average molecular weight is 275 g/mol. The summed E-state index contributed by atoms with van der Waals surface area (Å²) in [6.45, 7) is 4.01. The van der Waals surface area contributed by atoms with E-state index in [0.29, 0.717) is 13.1 Å². The summed E-state index contributed by atoms with van der Waals surface area (Å²) >= 11 is 0. The predicted octanol–water partition coefficient (Wildman–Crippen LogP) is 3.21. The highest BCUT2D eigenvalue weighted by Crippen LogP contribution is 2.27. The van der Waals surface area contributed by atoms with Gasteiger partial charge in [-0.1, -0.05) is 18.6 Å². The van der Waals surface area contributed by atoms with Crippen LogP contribution in [0.5, 0.6) is 5.75 Å². The molecule has 0 aromatic heterocycles. The summed E-state index contributed by atoms with van der Waals surface area (Å²) in [6, 6.07) is 8.01. The molecular weight excluding hydrogens is 254 g/mol. The number of ether oxygens (including phenoxy) is 2. The van der Waals surface area contributed by atoms with Gasteiger partial charge >= 0.3 is 6.09 Å². The lowest BCUT2D eigenvalue weighted by Gasteiger charge is -2.25. The Morgan fingerprint density at radius 3 is 2.60 bits per heavy atom. The summed E-state index contributed by atoms with van der Waals surface area (Å²) in [6.07, 6.45) is 3.72. The molecule has 20 heavy (non-hydrogen) atoms. The highest BCUT2D eigenvalue weighted by molar-refractivity contribution is 5.69. The molecule has 1 aliphatic heterocycles. The summed E-state index contributed by atoms with van der Waals surface area (Å²) in [7, 11) is 0. The lowest BCUT2D eigenvalue weighted by Crippen LogP contribution is -2.24. The molecule has 1 saturated heterocycles. The minimum Gasteiger partial charge on any atom is -0.493 e. The van der Waals surface area contributed by atoms with Crippen molar-refractivity contribution < 1.29 is 14.3 Å². The third kappa shape index (κ3) is 3.06. The third-order valence-electron chi connectivity index (χ3n) is 4.04. The predicted molar refractivity (Wildman–Crippen MR) is 75.6 cm³/mol. The van der Waals surface area contributed by atoms with Crippen LogP contribution in [-0.2, 0) is 11.3 Å². The Kier molecular flexibility index (Phi) is 3.81. The number of rotatable bonds is 5. The number of benzene rings is 1. The van der Waals surface area contributed by atoms with E-state index in [9.17, 15) is 4.79 Å². The number of carbonyl (C=O) groups excluding carboxylic acids is 1. The minimum atomic E-state index is -0.220. The molecule has 1 aliphatic carbocycles. The van der Waals surface area contributed by atoms with Gasteiger partial charge in [0, 0.05) is 6.54 Å². The SMILES string of the molecule is CC1CN(Cc2ccc(OCC3CCC3)cc2)C(=O)O1. The second kappa shape index (κ2) is 5.73. The van der Waals surface area contributed by atoms with Gasteiger partial charge < -0.3 is 14.4 Å². The number of hydrogen-bond donors (Lipinski definition) is 0. The van der Waals surface area contributed by atoms with Gasteiger partial charge in [-0.3, -0.25) is 0 Å². The van der Waals surface area contributed by atoms with E-state index in [1.54, 1.807) is 4.90 Å². The van der Waals surface area contributed by atoms with E-state index in [1.165, 1.54) is 19.3 Å². The number of cyclic esters (lactones) is 1. The molecule has 4 nitrogen and oxygen atoms in total. The molecule has 4 heteroatoms. The first-order valence-electron chi connectivity index (χ1n) is 7.38. The first-order valence-corrected chi connectivity index (χ1v) is 7.38. The van der Waals surface area contributed by atoms with Crippen LogP contribution in [0.25, 0.3) is 0 Å². The molecule has 0 bridgehead atoms. The maximum atomic E-state index is 11.6. The monoisotopic (exact) mass is 275 g/mol. The summed E-state index contributed by atoms with van der Waals surface area (Å²) in [5, 5.41) is 0. The van der Waals surface area contributed by atoms with Crippen LogP contribution >= 0.6 is 0 Å². The van der Waals surface area contributed by atoms with Crippen molar-refractivity contribution in [2.24, 2.45) is 5.92 Å². The molecule has 0 N–H and O–H groups in total. The Labute approximate surface area is 119 Å². The molecule has 1 heterocycles. The number of hydrogen-bond acceptors (Lipinski definition) is 3. The molecule has 0 radical (unpaired) electrons. The quantitative estimate of drug-likeness (QED) is 0.828. The molecule has 2 fully saturated rings. The fourth-order valence-electron chi connectivity index (χ4n) is 2.58. The first kappa shape index (κ1) is 13.3. The Hall–Kier alpha value is -1.71. The number of nitrogens with zero attached hydrogens (tertiary/aromatic N) is 1. The molecule has 1 aromatic rings. The standard InChI is InChI=1S/C16H21NO3/c1-12-9-17(16(18)20-12)10-13-5-7-15(8-6-13)19-11-14-3-2-4-14/h5-8,12,14H,2-4,9-11H2,1H3. The van der Waals surface area contributed by atoms with E-state index < -0.39 is 0 Å². The fourth-order valence-corrected chi connectivity index (χ4v) is 2.58. The molecule has 108 valence electrons. The van der Waals surface area contributed by atoms with Crippen LogP contribution in [0.15, 0.2) is 24.3 Å². The smallest absolute Gasteiger partial charge is 0.410 e. The molecule has 3 rings (SSSR count). The van der Waals surface area contributed by atoms with Crippen LogP contribution in [-0.4, -0.2) is 30.2 Å². The van der Waals surface area contributed by atoms with Crippen LogP contribution in [0.1, 0.15) is 31.7 Å². The van der Waals surface area contributed by atoms with Crippen LogP contribution in [0, 0.1) is 5.92 Å². The lowest BCUT2D eigenvalue weighted by molar-refractivity contribution is 0.137. The van der Waals surface area contributed by atoms with Gasteiger partial charge in [0.2, 0.25) is 0 Å². The van der Waals surface area contributed by atoms with E-state index in [-0.39, 0.29) is 12.2 Å². The third-order valence-corrected chi connectivity index (χ3v) is 4.04. The van der Waals surface area contributed by atoms with E-state index in [1.807, 2.05) is 31.2 Å². The van der Waals surface area contributed by atoms with E-state index in [2.05, 4.69) is 0 Å². The normalized spacial score (nSPS) is 22.6. The zero-order valence-corrected chi connectivity index (χ0v) is 11.9. The van der Waals surface area contributed by atoms with Crippen LogP contribution in [0.4, 0.5) is 4.79 Å². The minimum absolute atomic E-state index is 0.00687. The van der Waals surface area contributed by atoms with Gasteiger partial charge in [0.05, 0.1) is 13.2 Å². The molecule has 2 aliphatic rings. The van der Waals surface area contributed by atoms with Gasteiger partial charge in [0.25, 0.3) is 0 Å². The van der Waals surface area contributed by atoms with Crippen molar-refractivity contribution in [3.8, 4) is 5.75 Å². The Bertz CT molecular complexity index is 467. The Morgan fingerprint density at radius 1 is 1.30 bits per heavy atom. The summed E-state index contributed by atoms with van der Waals surface area (Å²) in [5.41, 5.74) is 1.10. The van der Waals surface area contributed by atoms with Gasteiger partial charge in [-0.2, -0.15) is 0 Å². The zero-order chi connectivity index (χ0) is 13.9. The van der Waals surface area contributed by atoms with Crippen molar-refractivity contribution in [3.63, 3.8) is 0 Å². The van der Waals surface area contributed by atoms with Gasteiger partial charge in [0.1, 0.15) is 11.9 Å². The van der Waals surface area contributed by atoms with Crippen LogP contribution in [0.2, 0.25) is 0 Å². The maximum Gasteiger partial charge on any atom is 0.410 e. The van der Waals surface area contributed by atoms with Crippen molar-refractivity contribution in [1.82, 2.24) is 4.90 Å². The van der Waals surface area contributed by atoms with Crippen molar-refractivity contribution >= 4 is 6.09 Å². The van der Waals surface area contributed by atoms with Crippen LogP contribution < -0.4 is 4.74 Å². The first-order chi connectivity index (χ1) is 9.70. The topological polar surface area (TPSA) is 38.8 Å². The van der Waals surface area contributed by atoms with E-state index in [4.69, 9.17) is 9.47 Å². The van der Waals surface area contributed by atoms with Gasteiger partial charge in [0.15, 0.2) is 0 Å². The van der Waals surface area contributed by atoms with Crippen molar-refractivity contribution in [3.05, 3.63) is 29.8 Å². The largest absolute Gasteiger partial charge is 0.493 e. The van der Waals surface area contributed by atoms with E-state index >= 15 is 0 Å². The van der Waals surface area contributed by atoms with E-state index in [0.717, 1.165) is 23.8 Å².